The van der Waals surface area contributed by atoms with Gasteiger partial charge in [0.25, 0.3) is 0 Å². The van der Waals surface area contributed by atoms with Gasteiger partial charge in [0.05, 0.1) is 120 Å². The summed E-state index contributed by atoms with van der Waals surface area (Å²) < 4.78 is 85.5. The number of carbonyl (C=O) groups is 1. The van der Waals surface area contributed by atoms with Crippen LogP contribution in [-0.4, -0.2) is 271 Å². The van der Waals surface area contributed by atoms with Crippen molar-refractivity contribution in [3.8, 4) is 5.75 Å². The van der Waals surface area contributed by atoms with E-state index in [1.54, 1.807) is 101 Å². The first-order valence-electron chi connectivity index (χ1n) is 47.4. The smallest absolute Gasteiger partial charge is 0.321 e. The molecule has 4 fully saturated rings. The molecular weight excluding hydrogens is 2050 g/mol. The maximum Gasteiger partial charge on any atom is 0.321 e. The maximum atomic E-state index is 13.0. The first kappa shape index (κ1) is 104. The van der Waals surface area contributed by atoms with Gasteiger partial charge in [-0.05, 0) is 248 Å². The number of hydrogen-bond donors (Lipinski definition) is 5. The van der Waals surface area contributed by atoms with Gasteiger partial charge < -0.3 is 48.9 Å². The number of anilines is 1. The molecular formula is C105H112BrCl4N21O11S3. The number of halogens is 5. The average Bonchev–Trinajstić information content (AvgIpc) is 1.61. The van der Waals surface area contributed by atoms with Crippen LogP contribution < -0.4 is 5.32 Å². The topological polar surface area (TPSA) is 361 Å². The Bertz CT molecular complexity index is 7080. The predicted molar refractivity (Wildman–Crippen MR) is 569 cm³/mol. The number of aromatic nitrogens is 12. The van der Waals surface area contributed by atoms with E-state index < -0.39 is 46.9 Å². The molecule has 756 valence electrons. The van der Waals surface area contributed by atoms with Crippen LogP contribution in [0.25, 0.3) is 46.6 Å². The van der Waals surface area contributed by atoms with Crippen LogP contribution in [0.4, 0.5) is 10.5 Å². The number of hydrogen-bond acceptors (Lipinski definition) is 23. The van der Waals surface area contributed by atoms with Crippen molar-refractivity contribution in [1.82, 2.24) is 95.6 Å². The molecule has 7 atom stereocenters. The van der Waals surface area contributed by atoms with Crippen molar-refractivity contribution in [2.75, 3.05) is 129 Å². The van der Waals surface area contributed by atoms with Crippen LogP contribution in [0, 0.1) is 6.92 Å². The number of nitrogens with one attached hydrogen (secondary N) is 1. The summed E-state index contributed by atoms with van der Waals surface area (Å²) in [5, 5.41) is 50.6. The van der Waals surface area contributed by atoms with Gasteiger partial charge in [-0.2, -0.15) is 12.9 Å². The van der Waals surface area contributed by atoms with Crippen molar-refractivity contribution in [1.29, 1.82) is 0 Å². The van der Waals surface area contributed by atoms with Crippen molar-refractivity contribution in [3.05, 3.63) is 351 Å². The molecule has 0 saturated carbocycles. The van der Waals surface area contributed by atoms with Gasteiger partial charge >= 0.3 is 6.03 Å². The number of piperazine rings is 4. The molecule has 5 N–H and O–H groups in total. The van der Waals surface area contributed by atoms with Gasteiger partial charge in [0.1, 0.15) is 28.4 Å². The van der Waals surface area contributed by atoms with Gasteiger partial charge in [0.2, 0.25) is 30.1 Å². The molecule has 4 aliphatic heterocycles. The summed E-state index contributed by atoms with van der Waals surface area (Å²) in [7, 11) is -4.19. The Balaban J connectivity index is 0.000000127. The number of aromatic hydroxyl groups is 1. The number of nitrogens with zero attached hydrogens (tertiary/aromatic N) is 20. The van der Waals surface area contributed by atoms with E-state index >= 15 is 0 Å². The Labute approximate surface area is 872 Å². The molecule has 40 heteroatoms. The molecule has 4 saturated heterocycles. The highest BCUT2D eigenvalue weighted by Gasteiger charge is 2.46. The van der Waals surface area contributed by atoms with Crippen molar-refractivity contribution in [2.45, 2.75) is 75.2 Å². The second-order valence-corrected chi connectivity index (χ2v) is 46.6. The summed E-state index contributed by atoms with van der Waals surface area (Å²) >= 11 is 29.6. The number of urea groups is 1. The zero-order valence-electron chi connectivity index (χ0n) is 81.6. The molecule has 2 unspecified atom stereocenters. The number of amides is 2. The van der Waals surface area contributed by atoms with E-state index in [4.69, 9.17) is 66.3 Å². The lowest BCUT2D eigenvalue weighted by molar-refractivity contribution is 0.114. The molecule has 21 rings (SSSR count). The lowest BCUT2D eigenvalue weighted by Crippen LogP contribution is -2.51. The fraction of sp³-hybridized carbons (Fsp3) is 0.324. The molecule has 0 bridgehead atoms. The van der Waals surface area contributed by atoms with Crippen LogP contribution in [-0.2, 0) is 74.6 Å². The van der Waals surface area contributed by atoms with Crippen LogP contribution in [0.15, 0.2) is 219 Å². The third-order valence-corrected chi connectivity index (χ3v) is 33.7. The second kappa shape index (κ2) is 42.1. The Morgan fingerprint density at radius 2 is 0.766 bits per heavy atom. The van der Waals surface area contributed by atoms with Gasteiger partial charge in [-0.25, -0.2) is 50.0 Å². The van der Waals surface area contributed by atoms with Gasteiger partial charge in [0, 0.05) is 205 Å². The zero-order valence-corrected chi connectivity index (χ0v) is 88.6. The number of phenols is 1. The standard InChI is InChI=1S/C30H28BrClN6O2.3C25H28ClN5O3S/c1-19-33-8-9-38(19)18-21-14-20-15-23(32)2-7-26(20)29(28-27(21)16-22(31)17-34-28)36-10-12-37(13-11-36)30(40)35-24-3-5-25(39)6-4-24;3*1-25(32,22-15-27-16-29(22)2)21-13-17-5-4-8-28-23(17)24(19-7-6-18(26)14-20(19)21)30-9-11-31(12-10-30)35(3,33)34/h2-9,14-17,29,39H,10-13,18H2,1H3,(H,35,40);3*4-8,13-16,24,32H,9-12H2,1-3H3/t;24-,25?;24-,25+;24-,25-/m.000/s1. The molecule has 145 heavy (non-hydrogen) atoms. The van der Waals surface area contributed by atoms with E-state index in [-0.39, 0.29) is 35.9 Å². The average molecular weight is 2160 g/mol. The molecule has 4 aliphatic carbocycles. The summed E-state index contributed by atoms with van der Waals surface area (Å²) in [5.74, 6) is 1.11. The third kappa shape index (κ3) is 21.8. The molecule has 13 aromatic rings. The molecule has 8 aliphatic rings. The van der Waals surface area contributed by atoms with Crippen molar-refractivity contribution in [3.63, 3.8) is 0 Å². The van der Waals surface area contributed by atoms with E-state index in [1.165, 1.54) is 31.7 Å². The van der Waals surface area contributed by atoms with E-state index in [0.29, 0.717) is 171 Å². The van der Waals surface area contributed by atoms with Crippen LogP contribution in [0.1, 0.15) is 157 Å². The predicted octanol–water partition coefficient (Wildman–Crippen LogP) is 14.9. The third-order valence-electron chi connectivity index (χ3n) is 28.4. The molecule has 32 nitrogen and oxygen atoms in total. The van der Waals surface area contributed by atoms with Crippen molar-refractivity contribution < 1.29 is 50.5 Å². The molecule has 8 aromatic heterocycles. The van der Waals surface area contributed by atoms with E-state index in [1.807, 2.05) is 187 Å². The first-order chi connectivity index (χ1) is 69.1. The van der Waals surface area contributed by atoms with Crippen LogP contribution >= 0.6 is 62.3 Å². The highest BCUT2D eigenvalue weighted by atomic mass is 79.9. The van der Waals surface area contributed by atoms with Crippen molar-refractivity contribution in [2.24, 2.45) is 21.1 Å². The number of fused-ring (bicyclic) bond motifs is 8. The monoisotopic (exact) mass is 2160 g/mol. The van der Waals surface area contributed by atoms with Crippen LogP contribution in [0.5, 0.6) is 5.75 Å². The Kier molecular flexibility index (Phi) is 30.1. The summed E-state index contributed by atoms with van der Waals surface area (Å²) in [6.07, 6.45) is 32.9. The quantitative estimate of drug-likeness (QED) is 0.0561. The number of aryl methyl sites for hydroxylation is 4. The minimum absolute atomic E-state index is 0.102. The number of sulfonamides is 3. The second-order valence-electron chi connectivity index (χ2n) is 38.0. The summed E-state index contributed by atoms with van der Waals surface area (Å²) in [6.45, 7) is 16.3. The van der Waals surface area contributed by atoms with Crippen LogP contribution in [0.3, 0.4) is 0 Å². The zero-order chi connectivity index (χ0) is 103. The SMILES string of the molecule is Cc1nccn1CC1=Cc2cc(Cl)ccc2C(N2CCN(C(=O)Nc3ccc(O)cc3)CC2)c2ncc(Br)cc21.Cn1cncc1C(C)(O)C1=Cc2cccnc2[C@@H](N2CCN(S(C)(=O)=O)CC2)c2ccc(Cl)cc21.Cn1cncc1[C@@](C)(O)C1=Cc2cccnc2[C@@H](N2CCN(S(C)(=O)=O)CC2)c2ccc(Cl)cc21.Cn1cncc1[C@](C)(O)C1=Cc2cccnc2[C@@H](N2CCN(S(C)(=O)=O)CC2)c2ccc(Cl)cc21. The van der Waals surface area contributed by atoms with Crippen LogP contribution in [0.2, 0.25) is 20.1 Å². The lowest BCUT2D eigenvalue weighted by Gasteiger charge is -2.39. The number of phenolic OH excluding ortho intramolecular Hbond substituents is 1. The Morgan fingerprint density at radius 3 is 1.11 bits per heavy atom. The van der Waals surface area contributed by atoms with Gasteiger partial charge in [-0.1, -0.05) is 88.9 Å². The minimum atomic E-state index is -3.25. The van der Waals surface area contributed by atoms with E-state index in [9.17, 15) is 50.5 Å². The molecule has 0 radical (unpaired) electrons. The molecule has 2 amide bonds. The van der Waals surface area contributed by atoms with Gasteiger partial charge in [-0.3, -0.25) is 39.5 Å². The van der Waals surface area contributed by atoms with Gasteiger partial charge in [0.15, 0.2) is 0 Å². The number of rotatable bonds is 16. The summed E-state index contributed by atoms with van der Waals surface area (Å²) in [6, 6.07) is 42.6. The number of carbonyl (C=O) groups excluding carboxylic acids is 1. The minimum Gasteiger partial charge on any atom is -0.508 e. The number of aliphatic hydroxyl groups is 3. The Hall–Kier alpha value is -11.3. The summed E-state index contributed by atoms with van der Waals surface area (Å²) in [4.78, 5) is 60.3. The number of imidazole rings is 4. The summed E-state index contributed by atoms with van der Waals surface area (Å²) in [5.41, 5.74) is 16.7. The lowest BCUT2D eigenvalue weighted by atomic mass is 9.84. The van der Waals surface area contributed by atoms with E-state index in [2.05, 4.69) is 83.6 Å². The Morgan fingerprint density at radius 1 is 0.414 bits per heavy atom. The highest BCUT2D eigenvalue weighted by Crippen LogP contribution is 2.52. The molecule has 5 aromatic carbocycles. The highest BCUT2D eigenvalue weighted by molar-refractivity contribution is 9.10. The largest absolute Gasteiger partial charge is 0.508 e. The maximum absolute atomic E-state index is 13.0. The fourth-order valence-electron chi connectivity index (χ4n) is 21.0. The first-order valence-corrected chi connectivity index (χ1v) is 55.2. The number of benzene rings is 5. The molecule has 12 heterocycles. The normalized spacial score (nSPS) is 19.9. The number of pyridine rings is 4. The molecule has 0 spiro atoms. The number of allylic oxidation sites excluding steroid dienone is 1. The van der Waals surface area contributed by atoms with E-state index in [0.717, 1.165) is 105 Å². The van der Waals surface area contributed by atoms with Gasteiger partial charge in [-0.15, -0.1) is 0 Å². The fourth-order valence-corrected chi connectivity index (χ4v) is 24.5. The van der Waals surface area contributed by atoms with Crippen molar-refractivity contribution >= 4 is 151 Å².